The first kappa shape index (κ1) is 26.5. The fraction of sp³-hybridized carbons (Fsp3) is 0.607. The molecule has 0 radical (unpaired) electrons. The normalized spacial score (nSPS) is 14.7. The standard InChI is InChI=1S/C28H43ClN2O/c1-2-3-4-5-6-7-8-9-10-11-12-13-14-15-16-21-28(32)31-24-22-30(23-25-31)27-20-18-17-19-26(27)29/h6-7,9-10,17-20H,2-5,8,11-16,21-25H2,1H3. The second-order valence-electron chi connectivity index (χ2n) is 8.80. The van der Waals surface area contributed by atoms with Crippen LogP contribution >= 0.6 is 11.6 Å². The molecule has 1 saturated heterocycles. The van der Waals surface area contributed by atoms with Gasteiger partial charge in [0, 0.05) is 32.6 Å². The van der Waals surface area contributed by atoms with Gasteiger partial charge in [0.25, 0.3) is 0 Å². The average Bonchev–Trinajstić information content (AvgIpc) is 2.82. The van der Waals surface area contributed by atoms with Crippen LogP contribution in [-0.2, 0) is 4.79 Å². The van der Waals surface area contributed by atoms with Gasteiger partial charge < -0.3 is 9.80 Å². The lowest BCUT2D eigenvalue weighted by Crippen LogP contribution is -2.48. The number of carbonyl (C=O) groups is 1. The number of benzene rings is 1. The molecule has 0 N–H and O–H groups in total. The fourth-order valence-electron chi connectivity index (χ4n) is 4.15. The van der Waals surface area contributed by atoms with Gasteiger partial charge in [-0.25, -0.2) is 0 Å². The van der Waals surface area contributed by atoms with Crippen molar-refractivity contribution >= 4 is 23.2 Å². The molecule has 178 valence electrons. The molecule has 0 saturated carbocycles. The number of amides is 1. The molecule has 1 heterocycles. The van der Waals surface area contributed by atoms with Gasteiger partial charge in [-0.2, -0.15) is 0 Å². The van der Waals surface area contributed by atoms with E-state index in [9.17, 15) is 4.79 Å². The Kier molecular flexibility index (Phi) is 13.9. The second-order valence-corrected chi connectivity index (χ2v) is 9.21. The van der Waals surface area contributed by atoms with Gasteiger partial charge in [0.2, 0.25) is 5.91 Å². The molecule has 1 aliphatic rings. The Balaban J connectivity index is 1.44. The summed E-state index contributed by atoms with van der Waals surface area (Å²) in [7, 11) is 0. The fourth-order valence-corrected chi connectivity index (χ4v) is 4.41. The van der Waals surface area contributed by atoms with Gasteiger partial charge in [-0.3, -0.25) is 4.79 Å². The minimum absolute atomic E-state index is 0.314. The van der Waals surface area contributed by atoms with E-state index < -0.39 is 0 Å². The van der Waals surface area contributed by atoms with Gasteiger partial charge in [0.1, 0.15) is 0 Å². The maximum atomic E-state index is 12.5. The first-order valence-electron chi connectivity index (χ1n) is 12.8. The molecule has 0 aliphatic carbocycles. The predicted molar refractivity (Wildman–Crippen MR) is 140 cm³/mol. The Morgan fingerprint density at radius 2 is 1.47 bits per heavy atom. The van der Waals surface area contributed by atoms with Crippen LogP contribution in [0.25, 0.3) is 0 Å². The molecule has 0 bridgehead atoms. The van der Waals surface area contributed by atoms with E-state index >= 15 is 0 Å². The third kappa shape index (κ3) is 10.7. The molecule has 0 aromatic heterocycles. The Hall–Kier alpha value is -1.74. The van der Waals surface area contributed by atoms with E-state index in [1.54, 1.807) is 0 Å². The number of nitrogens with zero attached hydrogens (tertiary/aromatic N) is 2. The van der Waals surface area contributed by atoms with Gasteiger partial charge in [0.05, 0.1) is 10.7 Å². The summed E-state index contributed by atoms with van der Waals surface area (Å²) < 4.78 is 0. The third-order valence-corrected chi connectivity index (χ3v) is 6.49. The van der Waals surface area contributed by atoms with Crippen molar-refractivity contribution in [3.8, 4) is 0 Å². The van der Waals surface area contributed by atoms with Crippen molar-refractivity contribution in [2.24, 2.45) is 0 Å². The van der Waals surface area contributed by atoms with Crippen LogP contribution in [0.15, 0.2) is 48.6 Å². The number of unbranched alkanes of at least 4 members (excludes halogenated alkanes) is 8. The van der Waals surface area contributed by atoms with Crippen LogP contribution in [0.4, 0.5) is 5.69 Å². The Morgan fingerprint density at radius 3 is 2.16 bits per heavy atom. The zero-order chi connectivity index (χ0) is 22.9. The smallest absolute Gasteiger partial charge is 0.222 e. The number of carbonyl (C=O) groups excluding carboxylic acids is 1. The van der Waals surface area contributed by atoms with E-state index in [1.807, 2.05) is 23.1 Å². The lowest BCUT2D eigenvalue weighted by atomic mass is 10.1. The van der Waals surface area contributed by atoms with E-state index in [0.29, 0.717) is 12.3 Å². The van der Waals surface area contributed by atoms with E-state index in [0.717, 1.165) is 56.2 Å². The number of halogens is 1. The Morgan fingerprint density at radius 1 is 0.844 bits per heavy atom. The van der Waals surface area contributed by atoms with Crippen molar-refractivity contribution in [3.63, 3.8) is 0 Å². The van der Waals surface area contributed by atoms with Crippen molar-refractivity contribution in [3.05, 3.63) is 53.6 Å². The topological polar surface area (TPSA) is 23.6 Å². The highest BCUT2D eigenvalue weighted by molar-refractivity contribution is 6.33. The molecule has 1 amide bonds. The summed E-state index contributed by atoms with van der Waals surface area (Å²) in [6.07, 6.45) is 23.3. The number of allylic oxidation sites excluding steroid dienone is 4. The molecule has 1 aromatic rings. The van der Waals surface area contributed by atoms with Crippen LogP contribution in [0.2, 0.25) is 5.02 Å². The maximum absolute atomic E-state index is 12.5. The lowest BCUT2D eigenvalue weighted by molar-refractivity contribution is -0.131. The molecule has 0 unspecified atom stereocenters. The summed E-state index contributed by atoms with van der Waals surface area (Å²) in [5.41, 5.74) is 1.08. The van der Waals surface area contributed by atoms with Gasteiger partial charge >= 0.3 is 0 Å². The van der Waals surface area contributed by atoms with E-state index in [1.165, 1.54) is 51.4 Å². The number of hydrogen-bond donors (Lipinski definition) is 0. The summed E-state index contributed by atoms with van der Waals surface area (Å²) in [6.45, 7) is 5.56. The molecule has 1 aromatic carbocycles. The van der Waals surface area contributed by atoms with Crippen molar-refractivity contribution in [2.45, 2.75) is 84.0 Å². The summed E-state index contributed by atoms with van der Waals surface area (Å²) in [5.74, 6) is 0.314. The molecular weight excluding hydrogens is 416 g/mol. The molecular formula is C28H43ClN2O. The van der Waals surface area contributed by atoms with Crippen LogP contribution in [0, 0.1) is 0 Å². The van der Waals surface area contributed by atoms with Crippen LogP contribution < -0.4 is 4.90 Å². The van der Waals surface area contributed by atoms with Crippen LogP contribution in [0.5, 0.6) is 0 Å². The maximum Gasteiger partial charge on any atom is 0.222 e. The van der Waals surface area contributed by atoms with Crippen molar-refractivity contribution < 1.29 is 4.79 Å². The second kappa shape index (κ2) is 16.8. The highest BCUT2D eigenvalue weighted by Crippen LogP contribution is 2.26. The number of piperazine rings is 1. The first-order chi connectivity index (χ1) is 15.7. The molecule has 4 heteroatoms. The summed E-state index contributed by atoms with van der Waals surface area (Å²) in [5, 5.41) is 0.789. The predicted octanol–water partition coefficient (Wildman–Crippen LogP) is 7.80. The molecule has 2 rings (SSSR count). The summed E-state index contributed by atoms with van der Waals surface area (Å²) in [4.78, 5) is 16.8. The zero-order valence-electron chi connectivity index (χ0n) is 20.1. The van der Waals surface area contributed by atoms with Gasteiger partial charge in [-0.05, 0) is 50.7 Å². The monoisotopic (exact) mass is 458 g/mol. The van der Waals surface area contributed by atoms with Gasteiger partial charge in [-0.1, -0.05) is 87.1 Å². The molecule has 3 nitrogen and oxygen atoms in total. The quantitative estimate of drug-likeness (QED) is 0.197. The van der Waals surface area contributed by atoms with Crippen LogP contribution in [-0.4, -0.2) is 37.0 Å². The molecule has 1 fully saturated rings. The Labute approximate surface area is 201 Å². The van der Waals surface area contributed by atoms with Gasteiger partial charge in [-0.15, -0.1) is 0 Å². The molecule has 0 spiro atoms. The first-order valence-corrected chi connectivity index (χ1v) is 13.2. The zero-order valence-corrected chi connectivity index (χ0v) is 20.9. The SMILES string of the molecule is CCCCCC=CCC=CCCCCCCCC(=O)N1CCN(c2ccccc2Cl)CC1. The van der Waals surface area contributed by atoms with Crippen molar-refractivity contribution in [2.75, 3.05) is 31.1 Å². The largest absolute Gasteiger partial charge is 0.367 e. The minimum atomic E-state index is 0.314. The van der Waals surface area contributed by atoms with Crippen molar-refractivity contribution in [1.82, 2.24) is 4.90 Å². The van der Waals surface area contributed by atoms with E-state index in [-0.39, 0.29) is 0 Å². The lowest BCUT2D eigenvalue weighted by Gasteiger charge is -2.36. The number of hydrogen-bond acceptors (Lipinski definition) is 2. The van der Waals surface area contributed by atoms with E-state index in [4.69, 9.17) is 11.6 Å². The highest BCUT2D eigenvalue weighted by atomic mass is 35.5. The number of rotatable bonds is 15. The van der Waals surface area contributed by atoms with Crippen LogP contribution in [0.3, 0.4) is 0 Å². The Bertz CT molecular complexity index is 692. The van der Waals surface area contributed by atoms with Crippen LogP contribution in [0.1, 0.15) is 84.0 Å². The molecule has 1 aliphatic heterocycles. The third-order valence-electron chi connectivity index (χ3n) is 6.17. The molecule has 32 heavy (non-hydrogen) atoms. The van der Waals surface area contributed by atoms with Crippen molar-refractivity contribution in [1.29, 1.82) is 0 Å². The van der Waals surface area contributed by atoms with E-state index in [2.05, 4.69) is 42.2 Å². The van der Waals surface area contributed by atoms with Gasteiger partial charge in [0.15, 0.2) is 0 Å². The molecule has 0 atom stereocenters. The number of para-hydroxylation sites is 1. The summed E-state index contributed by atoms with van der Waals surface area (Å²) >= 11 is 6.31. The number of anilines is 1. The summed E-state index contributed by atoms with van der Waals surface area (Å²) in [6, 6.07) is 7.96. The average molecular weight is 459 g/mol. The highest BCUT2D eigenvalue weighted by Gasteiger charge is 2.21. The minimum Gasteiger partial charge on any atom is -0.367 e.